The smallest absolute Gasteiger partial charge is 0.183 e. The molecule has 0 saturated heterocycles. The predicted molar refractivity (Wildman–Crippen MR) is 90.5 cm³/mol. The third-order valence-electron chi connectivity index (χ3n) is 4.22. The van der Waals surface area contributed by atoms with Crippen LogP contribution in [-0.2, 0) is 0 Å². The Labute approximate surface area is 130 Å². The van der Waals surface area contributed by atoms with Gasteiger partial charge in [-0.15, -0.1) is 0 Å². The topological polar surface area (TPSA) is 34.1 Å². The number of fused-ring (bicyclic) bond motifs is 1. The van der Waals surface area contributed by atoms with E-state index in [1.807, 2.05) is 19.1 Å². The summed E-state index contributed by atoms with van der Waals surface area (Å²) in [5.74, 6) is 1.85. The first kappa shape index (κ1) is 14.6. The van der Waals surface area contributed by atoms with Gasteiger partial charge < -0.3 is 10.1 Å². The molecule has 1 aromatic heterocycles. The van der Waals surface area contributed by atoms with Crippen molar-refractivity contribution in [2.45, 2.75) is 45.4 Å². The second-order valence-electron chi connectivity index (χ2n) is 5.80. The zero-order chi connectivity index (χ0) is 14.5. The van der Waals surface area contributed by atoms with Crippen LogP contribution in [0, 0.1) is 5.92 Å². The van der Waals surface area contributed by atoms with E-state index in [2.05, 4.69) is 16.4 Å². The molecule has 1 saturated carbocycles. The van der Waals surface area contributed by atoms with E-state index in [4.69, 9.17) is 4.74 Å². The van der Waals surface area contributed by atoms with E-state index in [0.29, 0.717) is 6.61 Å². The predicted octanol–water partition coefficient (Wildman–Crippen LogP) is 5.08. The van der Waals surface area contributed by atoms with Crippen molar-refractivity contribution in [2.75, 3.05) is 18.5 Å². The number of rotatable bonds is 6. The number of hydrogen-bond acceptors (Lipinski definition) is 4. The summed E-state index contributed by atoms with van der Waals surface area (Å²) < 4.78 is 6.74. The summed E-state index contributed by atoms with van der Waals surface area (Å²) in [5, 5.41) is 4.54. The molecule has 21 heavy (non-hydrogen) atoms. The average Bonchev–Trinajstić information content (AvgIpc) is 2.91. The van der Waals surface area contributed by atoms with E-state index in [1.165, 1.54) is 43.2 Å². The minimum Gasteiger partial charge on any atom is -0.494 e. The third kappa shape index (κ3) is 3.88. The molecule has 1 aliphatic carbocycles. The van der Waals surface area contributed by atoms with Gasteiger partial charge in [0.25, 0.3) is 0 Å². The Morgan fingerprint density at radius 2 is 2.14 bits per heavy atom. The molecule has 4 heteroatoms. The normalized spacial score (nSPS) is 16.2. The van der Waals surface area contributed by atoms with Crippen LogP contribution in [0.1, 0.15) is 45.4 Å². The lowest BCUT2D eigenvalue weighted by Crippen LogP contribution is -2.11. The second-order valence-corrected chi connectivity index (χ2v) is 6.83. The molecular formula is C17H24N2OS. The molecule has 3 rings (SSSR count). The van der Waals surface area contributed by atoms with Gasteiger partial charge in [0.05, 0.1) is 16.8 Å². The largest absolute Gasteiger partial charge is 0.494 e. The average molecular weight is 304 g/mol. The molecule has 1 aliphatic rings. The van der Waals surface area contributed by atoms with Gasteiger partial charge in [0.15, 0.2) is 5.13 Å². The van der Waals surface area contributed by atoms with Crippen LogP contribution in [-0.4, -0.2) is 18.1 Å². The van der Waals surface area contributed by atoms with Gasteiger partial charge in [-0.2, -0.15) is 0 Å². The van der Waals surface area contributed by atoms with Crippen molar-refractivity contribution in [3.05, 3.63) is 18.2 Å². The summed E-state index contributed by atoms with van der Waals surface area (Å²) in [7, 11) is 0. The maximum absolute atomic E-state index is 5.54. The minimum atomic E-state index is 0.705. The van der Waals surface area contributed by atoms with Gasteiger partial charge in [0.1, 0.15) is 5.75 Å². The summed E-state index contributed by atoms with van der Waals surface area (Å²) in [6.07, 6.45) is 8.39. The molecule has 0 unspecified atom stereocenters. The number of aromatic nitrogens is 1. The lowest BCUT2D eigenvalue weighted by atomic mass is 9.87. The molecule has 0 aliphatic heterocycles. The molecular weight excluding hydrogens is 280 g/mol. The van der Waals surface area contributed by atoms with E-state index in [1.54, 1.807) is 11.3 Å². The highest BCUT2D eigenvalue weighted by atomic mass is 32.1. The molecule has 0 bridgehead atoms. The zero-order valence-corrected chi connectivity index (χ0v) is 13.5. The van der Waals surface area contributed by atoms with Crippen LogP contribution >= 0.6 is 11.3 Å². The van der Waals surface area contributed by atoms with Crippen molar-refractivity contribution in [3.63, 3.8) is 0 Å². The van der Waals surface area contributed by atoms with Gasteiger partial charge in [0, 0.05) is 6.54 Å². The summed E-state index contributed by atoms with van der Waals surface area (Å²) >= 11 is 1.72. The number of benzene rings is 1. The first-order chi connectivity index (χ1) is 10.3. The molecule has 0 atom stereocenters. The Balaban J connectivity index is 1.56. The van der Waals surface area contributed by atoms with Crippen molar-refractivity contribution < 1.29 is 4.74 Å². The van der Waals surface area contributed by atoms with Crippen molar-refractivity contribution in [2.24, 2.45) is 5.92 Å². The van der Waals surface area contributed by atoms with Crippen LogP contribution in [0.2, 0.25) is 0 Å². The lowest BCUT2D eigenvalue weighted by Gasteiger charge is -2.21. The number of anilines is 1. The summed E-state index contributed by atoms with van der Waals surface area (Å²) in [6, 6.07) is 6.13. The Morgan fingerprint density at radius 3 is 2.95 bits per heavy atom. The molecule has 0 spiro atoms. The minimum absolute atomic E-state index is 0.705. The van der Waals surface area contributed by atoms with Crippen LogP contribution in [0.25, 0.3) is 10.2 Å². The Hall–Kier alpha value is -1.29. The number of nitrogens with zero attached hydrogens (tertiary/aromatic N) is 1. The van der Waals surface area contributed by atoms with Crippen LogP contribution in [0.3, 0.4) is 0 Å². The molecule has 1 fully saturated rings. The number of hydrogen-bond donors (Lipinski definition) is 1. The summed E-state index contributed by atoms with van der Waals surface area (Å²) in [6.45, 7) is 3.76. The summed E-state index contributed by atoms with van der Waals surface area (Å²) in [4.78, 5) is 4.65. The standard InChI is InChI=1S/C17H24N2OS/c1-2-20-14-8-9-15-16(12-14)21-17(19-15)18-11-10-13-6-4-3-5-7-13/h8-9,12-13H,2-7,10-11H2,1H3,(H,18,19). The Kier molecular flexibility index (Phi) is 4.96. The quantitative estimate of drug-likeness (QED) is 0.808. The monoisotopic (exact) mass is 304 g/mol. The molecule has 1 aromatic carbocycles. The van der Waals surface area contributed by atoms with E-state index in [9.17, 15) is 0 Å². The van der Waals surface area contributed by atoms with E-state index < -0.39 is 0 Å². The van der Waals surface area contributed by atoms with Gasteiger partial charge in [-0.1, -0.05) is 43.4 Å². The number of ether oxygens (including phenoxy) is 1. The van der Waals surface area contributed by atoms with E-state index in [0.717, 1.165) is 28.9 Å². The molecule has 1 N–H and O–H groups in total. The van der Waals surface area contributed by atoms with Crippen LogP contribution in [0.4, 0.5) is 5.13 Å². The van der Waals surface area contributed by atoms with Gasteiger partial charge >= 0.3 is 0 Å². The molecule has 1 heterocycles. The number of nitrogens with one attached hydrogen (secondary N) is 1. The fourth-order valence-corrected chi connectivity index (χ4v) is 4.02. The maximum atomic E-state index is 5.54. The molecule has 0 radical (unpaired) electrons. The highest BCUT2D eigenvalue weighted by Gasteiger charge is 2.13. The molecule has 0 amide bonds. The zero-order valence-electron chi connectivity index (χ0n) is 12.7. The van der Waals surface area contributed by atoms with Crippen molar-refractivity contribution >= 4 is 26.7 Å². The van der Waals surface area contributed by atoms with Crippen molar-refractivity contribution in [1.82, 2.24) is 4.98 Å². The number of thiazole rings is 1. The fourth-order valence-electron chi connectivity index (χ4n) is 3.10. The Morgan fingerprint density at radius 1 is 1.29 bits per heavy atom. The van der Waals surface area contributed by atoms with E-state index >= 15 is 0 Å². The highest BCUT2D eigenvalue weighted by molar-refractivity contribution is 7.22. The van der Waals surface area contributed by atoms with Gasteiger partial charge in [0.2, 0.25) is 0 Å². The van der Waals surface area contributed by atoms with Gasteiger partial charge in [-0.25, -0.2) is 4.98 Å². The molecule has 114 valence electrons. The van der Waals surface area contributed by atoms with Crippen LogP contribution in [0.5, 0.6) is 5.75 Å². The van der Waals surface area contributed by atoms with E-state index in [-0.39, 0.29) is 0 Å². The SMILES string of the molecule is CCOc1ccc2nc(NCCC3CCCCC3)sc2c1. The van der Waals surface area contributed by atoms with Gasteiger partial charge in [-0.3, -0.25) is 0 Å². The first-order valence-electron chi connectivity index (χ1n) is 8.12. The first-order valence-corrected chi connectivity index (χ1v) is 8.94. The fraction of sp³-hybridized carbons (Fsp3) is 0.588. The second kappa shape index (κ2) is 7.12. The highest BCUT2D eigenvalue weighted by Crippen LogP contribution is 2.30. The molecule has 2 aromatic rings. The van der Waals surface area contributed by atoms with Crippen molar-refractivity contribution in [3.8, 4) is 5.75 Å². The third-order valence-corrected chi connectivity index (χ3v) is 5.20. The lowest BCUT2D eigenvalue weighted by molar-refractivity contribution is 0.341. The van der Waals surface area contributed by atoms with Crippen LogP contribution in [0.15, 0.2) is 18.2 Å². The summed E-state index contributed by atoms with van der Waals surface area (Å²) in [5.41, 5.74) is 1.06. The Bertz CT molecular complexity index is 575. The van der Waals surface area contributed by atoms with Crippen LogP contribution < -0.4 is 10.1 Å². The van der Waals surface area contributed by atoms with Crippen molar-refractivity contribution in [1.29, 1.82) is 0 Å². The van der Waals surface area contributed by atoms with Gasteiger partial charge in [-0.05, 0) is 37.5 Å². The maximum Gasteiger partial charge on any atom is 0.183 e. The molecule has 3 nitrogen and oxygen atoms in total.